The van der Waals surface area contributed by atoms with Crippen molar-refractivity contribution in [2.75, 3.05) is 6.26 Å². The van der Waals surface area contributed by atoms with Gasteiger partial charge >= 0.3 is 0 Å². The maximum atomic E-state index is 11.7. The summed E-state index contributed by atoms with van der Waals surface area (Å²) < 4.78 is 27.1. The van der Waals surface area contributed by atoms with E-state index in [-0.39, 0.29) is 10.9 Å². The highest BCUT2D eigenvalue weighted by atomic mass is 32.2. The van der Waals surface area contributed by atoms with Crippen LogP contribution in [0.1, 0.15) is 25.6 Å². The van der Waals surface area contributed by atoms with E-state index in [2.05, 4.69) is 24.0 Å². The summed E-state index contributed by atoms with van der Waals surface area (Å²) in [6, 6.07) is 12.7. The molecule has 1 aromatic carbocycles. The van der Waals surface area contributed by atoms with Crippen molar-refractivity contribution in [3.05, 3.63) is 54.4 Å². The average molecular weight is 395 g/mol. The minimum atomic E-state index is -3.24. The van der Waals surface area contributed by atoms with E-state index < -0.39 is 9.84 Å². The van der Waals surface area contributed by atoms with E-state index in [0.29, 0.717) is 0 Å². The molecule has 0 fully saturated rings. The lowest BCUT2D eigenvalue weighted by atomic mass is 10.2. The van der Waals surface area contributed by atoms with Crippen molar-refractivity contribution < 1.29 is 8.42 Å². The first-order valence-corrected chi connectivity index (χ1v) is 10.9. The van der Waals surface area contributed by atoms with Crippen LogP contribution in [0, 0.1) is 6.92 Å². The van der Waals surface area contributed by atoms with Crippen molar-refractivity contribution in [1.82, 2.24) is 24.5 Å². The van der Waals surface area contributed by atoms with Crippen LogP contribution in [-0.2, 0) is 9.84 Å². The average Bonchev–Trinajstić information content (AvgIpc) is 3.26. The van der Waals surface area contributed by atoms with Gasteiger partial charge in [-0.25, -0.2) is 22.8 Å². The Bertz CT molecular complexity index is 1270. The third kappa shape index (κ3) is 3.09. The van der Waals surface area contributed by atoms with E-state index in [0.717, 1.165) is 33.8 Å². The monoisotopic (exact) mass is 395 g/mol. The Balaban J connectivity index is 1.82. The van der Waals surface area contributed by atoms with E-state index in [1.54, 1.807) is 35.1 Å². The molecule has 0 spiro atoms. The minimum Gasteiger partial charge on any atom is -0.244 e. The van der Waals surface area contributed by atoms with E-state index in [9.17, 15) is 8.42 Å². The highest BCUT2D eigenvalue weighted by Gasteiger charge is 2.15. The summed E-state index contributed by atoms with van der Waals surface area (Å²) in [5, 5.41) is 10.0. The number of aromatic nitrogens is 5. The molecule has 0 radical (unpaired) electrons. The van der Waals surface area contributed by atoms with Gasteiger partial charge in [0.1, 0.15) is 0 Å². The summed E-state index contributed by atoms with van der Waals surface area (Å²) >= 11 is 0. The summed E-state index contributed by atoms with van der Waals surface area (Å²) in [5.74, 6) is 0. The molecule has 28 heavy (non-hydrogen) atoms. The smallest absolute Gasteiger partial charge is 0.175 e. The van der Waals surface area contributed by atoms with Crippen LogP contribution in [0.2, 0.25) is 0 Å². The number of benzene rings is 1. The first-order chi connectivity index (χ1) is 13.3. The molecule has 0 bridgehead atoms. The Kier molecular flexibility index (Phi) is 4.30. The van der Waals surface area contributed by atoms with Crippen LogP contribution in [0.15, 0.2) is 53.6 Å². The van der Waals surface area contributed by atoms with Crippen LogP contribution in [0.5, 0.6) is 0 Å². The second-order valence-corrected chi connectivity index (χ2v) is 9.10. The Morgan fingerprint density at radius 1 is 1.00 bits per heavy atom. The molecule has 0 aliphatic heterocycles. The maximum Gasteiger partial charge on any atom is 0.175 e. The van der Waals surface area contributed by atoms with Gasteiger partial charge in [0.05, 0.1) is 33.9 Å². The number of fused-ring (bicyclic) bond motifs is 1. The molecule has 0 atom stereocenters. The number of hydrogen-bond acceptors (Lipinski definition) is 5. The van der Waals surface area contributed by atoms with Gasteiger partial charge in [0.2, 0.25) is 0 Å². The highest BCUT2D eigenvalue weighted by molar-refractivity contribution is 7.90. The first-order valence-electron chi connectivity index (χ1n) is 8.96. The number of hydrogen-bond donors (Lipinski definition) is 0. The SMILES string of the molecule is Cc1nn(C(C)C)c2nc(-c3ccnn3-c3ccc(S(C)(=O)=O)cc3)ccc12. The first kappa shape index (κ1) is 18.4. The molecule has 0 saturated heterocycles. The standard InChI is InChI=1S/C20H21N5O2S/c1-13(2)24-20-17(14(3)23-24)9-10-18(22-20)19-11-12-21-25(19)15-5-7-16(8-6-15)28(4,26)27/h5-13H,1-4H3. The van der Waals surface area contributed by atoms with Crippen molar-refractivity contribution >= 4 is 20.9 Å². The van der Waals surface area contributed by atoms with Crippen molar-refractivity contribution in [3.63, 3.8) is 0 Å². The molecule has 0 amide bonds. The molecule has 0 N–H and O–H groups in total. The number of nitrogens with zero attached hydrogens (tertiary/aromatic N) is 5. The van der Waals surface area contributed by atoms with Crippen LogP contribution in [0.25, 0.3) is 28.1 Å². The summed E-state index contributed by atoms with van der Waals surface area (Å²) in [4.78, 5) is 5.12. The van der Waals surface area contributed by atoms with Gasteiger partial charge in [-0.1, -0.05) is 0 Å². The van der Waals surface area contributed by atoms with Gasteiger partial charge in [0.25, 0.3) is 0 Å². The van der Waals surface area contributed by atoms with Gasteiger partial charge in [-0.15, -0.1) is 0 Å². The molecular weight excluding hydrogens is 374 g/mol. The van der Waals surface area contributed by atoms with Gasteiger partial charge in [0.15, 0.2) is 15.5 Å². The Hall–Kier alpha value is -3.00. The summed E-state index contributed by atoms with van der Waals surface area (Å²) in [5.41, 5.74) is 4.16. The Morgan fingerprint density at radius 2 is 1.71 bits per heavy atom. The molecule has 4 aromatic rings. The lowest BCUT2D eigenvalue weighted by Gasteiger charge is -2.10. The largest absolute Gasteiger partial charge is 0.244 e. The third-order valence-corrected chi connectivity index (χ3v) is 5.77. The van der Waals surface area contributed by atoms with E-state index in [1.807, 2.05) is 29.8 Å². The zero-order valence-electron chi connectivity index (χ0n) is 16.2. The van der Waals surface area contributed by atoms with Gasteiger partial charge in [-0.05, 0) is 63.2 Å². The summed E-state index contributed by atoms with van der Waals surface area (Å²) in [7, 11) is -3.24. The fraction of sp³-hybridized carbons (Fsp3) is 0.250. The molecule has 0 saturated carbocycles. The number of aryl methyl sites for hydroxylation is 1. The second kappa shape index (κ2) is 6.56. The molecule has 8 heteroatoms. The lowest BCUT2D eigenvalue weighted by Crippen LogP contribution is -2.05. The molecule has 4 rings (SSSR count). The predicted octanol–water partition coefficient (Wildman–Crippen LogP) is 3.58. The van der Waals surface area contributed by atoms with Crippen LogP contribution in [0.3, 0.4) is 0 Å². The van der Waals surface area contributed by atoms with Crippen molar-refractivity contribution in [2.45, 2.75) is 31.7 Å². The molecule has 7 nitrogen and oxygen atoms in total. The molecule has 3 heterocycles. The highest BCUT2D eigenvalue weighted by Crippen LogP contribution is 2.26. The number of pyridine rings is 1. The van der Waals surface area contributed by atoms with E-state index >= 15 is 0 Å². The molecule has 3 aromatic heterocycles. The minimum absolute atomic E-state index is 0.201. The van der Waals surface area contributed by atoms with Crippen molar-refractivity contribution in [2.24, 2.45) is 0 Å². The summed E-state index contributed by atoms with van der Waals surface area (Å²) in [6.07, 6.45) is 2.90. The Labute approximate surface area is 163 Å². The quantitative estimate of drug-likeness (QED) is 0.527. The van der Waals surface area contributed by atoms with E-state index in [4.69, 9.17) is 4.98 Å². The van der Waals surface area contributed by atoms with Crippen molar-refractivity contribution in [1.29, 1.82) is 0 Å². The van der Waals surface area contributed by atoms with Crippen molar-refractivity contribution in [3.8, 4) is 17.1 Å². The third-order valence-electron chi connectivity index (χ3n) is 4.64. The molecule has 0 unspecified atom stereocenters. The van der Waals surface area contributed by atoms with Gasteiger partial charge in [-0.3, -0.25) is 0 Å². The normalized spacial score (nSPS) is 12.2. The van der Waals surface area contributed by atoms with Crippen LogP contribution in [0.4, 0.5) is 0 Å². The second-order valence-electron chi connectivity index (χ2n) is 7.09. The topological polar surface area (TPSA) is 82.7 Å². The summed E-state index contributed by atoms with van der Waals surface area (Å²) in [6.45, 7) is 6.14. The van der Waals surface area contributed by atoms with Crippen LogP contribution >= 0.6 is 0 Å². The van der Waals surface area contributed by atoms with E-state index in [1.165, 1.54) is 6.26 Å². The lowest BCUT2D eigenvalue weighted by molar-refractivity contribution is 0.543. The fourth-order valence-electron chi connectivity index (χ4n) is 3.21. The Morgan fingerprint density at radius 3 is 2.36 bits per heavy atom. The predicted molar refractivity (Wildman–Crippen MR) is 108 cm³/mol. The molecule has 0 aliphatic carbocycles. The molecule has 0 aliphatic rings. The van der Waals surface area contributed by atoms with Crippen LogP contribution in [-0.4, -0.2) is 39.2 Å². The molecule has 144 valence electrons. The fourth-order valence-corrected chi connectivity index (χ4v) is 3.84. The molecular formula is C20H21N5O2S. The van der Waals surface area contributed by atoms with Gasteiger partial charge in [0, 0.05) is 17.7 Å². The number of rotatable bonds is 4. The van der Waals surface area contributed by atoms with Gasteiger partial charge < -0.3 is 0 Å². The number of sulfone groups is 1. The zero-order valence-corrected chi connectivity index (χ0v) is 17.0. The van der Waals surface area contributed by atoms with Gasteiger partial charge in [-0.2, -0.15) is 10.2 Å². The maximum absolute atomic E-state index is 11.7. The zero-order chi connectivity index (χ0) is 20.1. The van der Waals surface area contributed by atoms with Crippen LogP contribution < -0.4 is 0 Å².